The number of H-pyrrole nitrogens is 1. The number of benzene rings is 1. The molecular formula is C10H7BrNO2-. The molecule has 0 bridgehead atoms. The molecule has 0 atom stereocenters. The number of hydrogen-bond donors (Lipinski definition) is 1. The van der Waals surface area contributed by atoms with E-state index in [0.29, 0.717) is 4.60 Å². The smallest absolute Gasteiger partial charge is 0.0867 e. The Bertz CT molecular complexity index is 490. The number of aliphatic carboxylic acids is 1. The fourth-order valence-corrected chi connectivity index (χ4v) is 2.05. The lowest BCUT2D eigenvalue weighted by Crippen LogP contribution is -2.24. The van der Waals surface area contributed by atoms with Crippen molar-refractivity contribution in [3.05, 3.63) is 34.4 Å². The molecule has 0 fully saturated rings. The summed E-state index contributed by atoms with van der Waals surface area (Å²) in [6.45, 7) is 0. The molecule has 1 aromatic carbocycles. The number of fused-ring (bicyclic) bond motifs is 1. The van der Waals surface area contributed by atoms with Crippen molar-refractivity contribution >= 4 is 32.8 Å². The number of carboxylic acid groups (broad SMARTS) is 1. The van der Waals surface area contributed by atoms with E-state index in [1.165, 1.54) is 0 Å². The minimum absolute atomic E-state index is 0.0788. The van der Waals surface area contributed by atoms with Crippen molar-refractivity contribution in [2.75, 3.05) is 0 Å². The predicted octanol–water partition coefficient (Wildman–Crippen LogP) is 1.22. The molecule has 0 aliphatic heterocycles. The highest BCUT2D eigenvalue weighted by molar-refractivity contribution is 9.10. The number of aromatic amines is 1. The number of para-hydroxylation sites is 1. The average molecular weight is 253 g/mol. The molecule has 2 aromatic rings. The van der Waals surface area contributed by atoms with Gasteiger partial charge in [-0.2, -0.15) is 0 Å². The van der Waals surface area contributed by atoms with Crippen LogP contribution in [-0.2, 0) is 11.2 Å². The number of rotatable bonds is 2. The van der Waals surface area contributed by atoms with Crippen molar-refractivity contribution < 1.29 is 9.90 Å². The highest BCUT2D eigenvalue weighted by Crippen LogP contribution is 2.26. The Balaban J connectivity index is 2.62. The van der Waals surface area contributed by atoms with Gasteiger partial charge < -0.3 is 14.9 Å². The van der Waals surface area contributed by atoms with Crippen molar-refractivity contribution in [3.8, 4) is 0 Å². The maximum atomic E-state index is 10.5. The van der Waals surface area contributed by atoms with Crippen LogP contribution in [0, 0.1) is 0 Å². The van der Waals surface area contributed by atoms with Crippen molar-refractivity contribution in [1.29, 1.82) is 0 Å². The number of carboxylic acids is 1. The monoisotopic (exact) mass is 252 g/mol. The van der Waals surface area contributed by atoms with Gasteiger partial charge in [0, 0.05) is 23.3 Å². The first kappa shape index (κ1) is 9.27. The van der Waals surface area contributed by atoms with Crippen molar-refractivity contribution in [2.45, 2.75) is 6.42 Å². The third kappa shape index (κ3) is 1.53. The largest absolute Gasteiger partial charge is 0.550 e. The van der Waals surface area contributed by atoms with Gasteiger partial charge in [-0.1, -0.05) is 18.2 Å². The molecule has 0 spiro atoms. The number of hydrogen-bond acceptors (Lipinski definition) is 2. The normalized spacial score (nSPS) is 10.6. The number of carbonyl (C=O) groups is 1. The fraction of sp³-hybridized carbons (Fsp3) is 0.100. The maximum absolute atomic E-state index is 10.5. The Kier molecular flexibility index (Phi) is 2.29. The minimum Gasteiger partial charge on any atom is -0.550 e. The summed E-state index contributed by atoms with van der Waals surface area (Å²) in [5.41, 5.74) is 1.66. The van der Waals surface area contributed by atoms with Crippen LogP contribution in [0.2, 0.25) is 0 Å². The summed E-state index contributed by atoms with van der Waals surface area (Å²) in [7, 11) is 0. The van der Waals surface area contributed by atoms with Crippen LogP contribution in [-0.4, -0.2) is 11.0 Å². The summed E-state index contributed by atoms with van der Waals surface area (Å²) < 4.78 is 0.711. The van der Waals surface area contributed by atoms with Crippen molar-refractivity contribution in [1.82, 2.24) is 4.98 Å². The molecule has 0 saturated carbocycles. The first-order valence-electron chi connectivity index (χ1n) is 4.13. The Hall–Kier alpha value is -1.29. The van der Waals surface area contributed by atoms with Crippen molar-refractivity contribution in [2.24, 2.45) is 0 Å². The second kappa shape index (κ2) is 3.46. The van der Waals surface area contributed by atoms with Gasteiger partial charge in [-0.3, -0.25) is 0 Å². The molecule has 3 nitrogen and oxygen atoms in total. The Morgan fingerprint density at radius 1 is 1.43 bits per heavy atom. The van der Waals surface area contributed by atoms with Crippen LogP contribution >= 0.6 is 15.9 Å². The van der Waals surface area contributed by atoms with Gasteiger partial charge in [0.25, 0.3) is 0 Å². The third-order valence-electron chi connectivity index (χ3n) is 2.08. The van der Waals surface area contributed by atoms with Crippen LogP contribution in [0.25, 0.3) is 10.9 Å². The molecule has 0 saturated heterocycles. The molecule has 1 N–H and O–H groups in total. The Morgan fingerprint density at radius 3 is 2.86 bits per heavy atom. The Morgan fingerprint density at radius 2 is 2.14 bits per heavy atom. The SMILES string of the molecule is O=C([O-])Cc1c(Br)[nH]c2ccccc12. The van der Waals surface area contributed by atoms with Crippen molar-refractivity contribution in [3.63, 3.8) is 0 Å². The van der Waals surface area contributed by atoms with Crippen LogP contribution in [0.15, 0.2) is 28.9 Å². The van der Waals surface area contributed by atoms with Gasteiger partial charge in [0.1, 0.15) is 0 Å². The number of carbonyl (C=O) groups excluding carboxylic acids is 1. The van der Waals surface area contributed by atoms with Crippen LogP contribution < -0.4 is 5.11 Å². The summed E-state index contributed by atoms with van der Waals surface area (Å²) in [6.07, 6.45) is -0.0788. The van der Waals surface area contributed by atoms with Crippen LogP contribution in [0.5, 0.6) is 0 Å². The standard InChI is InChI=1S/C10H8BrNO2/c11-10-7(5-9(13)14)6-3-1-2-4-8(6)12-10/h1-4,12H,5H2,(H,13,14)/p-1. The molecule has 0 aliphatic carbocycles. The lowest BCUT2D eigenvalue weighted by molar-refractivity contribution is -0.304. The van der Waals surface area contributed by atoms with Gasteiger partial charge in [-0.15, -0.1) is 0 Å². The van der Waals surface area contributed by atoms with Gasteiger partial charge in [0.05, 0.1) is 4.60 Å². The molecule has 0 radical (unpaired) electrons. The number of nitrogens with one attached hydrogen (secondary N) is 1. The van der Waals surface area contributed by atoms with Gasteiger partial charge in [0.15, 0.2) is 0 Å². The second-order valence-electron chi connectivity index (χ2n) is 3.01. The average Bonchev–Trinajstić information content (AvgIpc) is 2.43. The van der Waals surface area contributed by atoms with Gasteiger partial charge in [0.2, 0.25) is 0 Å². The summed E-state index contributed by atoms with van der Waals surface area (Å²) in [5.74, 6) is -1.07. The molecule has 2 rings (SSSR count). The van der Waals surface area contributed by atoms with E-state index < -0.39 is 5.97 Å². The summed E-state index contributed by atoms with van der Waals surface area (Å²) in [5, 5.41) is 11.4. The number of aromatic nitrogens is 1. The van der Waals surface area contributed by atoms with E-state index in [9.17, 15) is 9.90 Å². The molecule has 1 heterocycles. The van der Waals surface area contributed by atoms with E-state index in [1.807, 2.05) is 24.3 Å². The third-order valence-corrected chi connectivity index (χ3v) is 2.76. The van der Waals surface area contributed by atoms with E-state index in [1.54, 1.807) is 0 Å². The summed E-state index contributed by atoms with van der Waals surface area (Å²) in [6, 6.07) is 7.56. The Labute approximate surface area is 88.9 Å². The fourth-order valence-electron chi connectivity index (χ4n) is 1.48. The van der Waals surface area contributed by atoms with E-state index in [4.69, 9.17) is 0 Å². The lowest BCUT2D eigenvalue weighted by Gasteiger charge is -2.00. The highest BCUT2D eigenvalue weighted by Gasteiger charge is 2.08. The zero-order chi connectivity index (χ0) is 10.1. The predicted molar refractivity (Wildman–Crippen MR) is 54.7 cm³/mol. The second-order valence-corrected chi connectivity index (χ2v) is 3.80. The van der Waals surface area contributed by atoms with E-state index in [-0.39, 0.29) is 6.42 Å². The molecule has 4 heteroatoms. The molecular weight excluding hydrogens is 246 g/mol. The maximum Gasteiger partial charge on any atom is 0.0867 e. The van der Waals surface area contributed by atoms with E-state index in [2.05, 4.69) is 20.9 Å². The summed E-state index contributed by atoms with van der Waals surface area (Å²) >= 11 is 3.29. The molecule has 14 heavy (non-hydrogen) atoms. The first-order valence-corrected chi connectivity index (χ1v) is 4.92. The van der Waals surface area contributed by atoms with E-state index >= 15 is 0 Å². The zero-order valence-corrected chi connectivity index (χ0v) is 8.80. The topological polar surface area (TPSA) is 55.9 Å². The zero-order valence-electron chi connectivity index (χ0n) is 7.21. The van der Waals surface area contributed by atoms with Crippen LogP contribution in [0.4, 0.5) is 0 Å². The quantitative estimate of drug-likeness (QED) is 0.874. The minimum atomic E-state index is -1.07. The lowest BCUT2D eigenvalue weighted by atomic mass is 10.1. The number of halogens is 1. The van der Waals surface area contributed by atoms with Gasteiger partial charge in [-0.05, 0) is 27.6 Å². The van der Waals surface area contributed by atoms with Gasteiger partial charge in [-0.25, -0.2) is 0 Å². The van der Waals surface area contributed by atoms with E-state index in [0.717, 1.165) is 16.5 Å². The molecule has 0 unspecified atom stereocenters. The molecule has 72 valence electrons. The van der Waals surface area contributed by atoms with Gasteiger partial charge >= 0.3 is 0 Å². The summed E-state index contributed by atoms with van der Waals surface area (Å²) in [4.78, 5) is 13.6. The molecule has 1 aromatic heterocycles. The first-order chi connectivity index (χ1) is 6.68. The molecule has 0 aliphatic rings. The molecule has 0 amide bonds. The van der Waals surface area contributed by atoms with Crippen LogP contribution in [0.1, 0.15) is 5.56 Å². The van der Waals surface area contributed by atoms with Crippen LogP contribution in [0.3, 0.4) is 0 Å². The highest BCUT2D eigenvalue weighted by atomic mass is 79.9.